The van der Waals surface area contributed by atoms with Gasteiger partial charge in [0.25, 0.3) is 17.7 Å². The number of ether oxygens (including phenoxy) is 2. The third-order valence-corrected chi connectivity index (χ3v) is 6.62. The summed E-state index contributed by atoms with van der Waals surface area (Å²) in [5.74, 6) is -0.0944. The van der Waals surface area contributed by atoms with Crippen molar-refractivity contribution in [2.75, 3.05) is 43.1 Å². The molecule has 3 amide bonds. The number of carbonyl (C=O) groups excluding carboxylic acids is 3. The van der Waals surface area contributed by atoms with E-state index in [-0.39, 0.29) is 24.3 Å². The third-order valence-electron chi connectivity index (χ3n) is 5.75. The van der Waals surface area contributed by atoms with Crippen molar-refractivity contribution in [3.8, 4) is 5.75 Å². The Morgan fingerprint density at radius 2 is 1.71 bits per heavy atom. The largest absolute Gasteiger partial charge is 0.476 e. The molecule has 0 saturated carbocycles. The van der Waals surface area contributed by atoms with Gasteiger partial charge in [0.1, 0.15) is 5.75 Å². The molecule has 174 valence electrons. The van der Waals surface area contributed by atoms with Crippen molar-refractivity contribution < 1.29 is 23.9 Å². The zero-order chi connectivity index (χ0) is 23.5. The summed E-state index contributed by atoms with van der Waals surface area (Å²) in [6.45, 7) is 2.11. The van der Waals surface area contributed by atoms with Crippen LogP contribution in [0.25, 0.3) is 0 Å². The SMILES string of the molecule is O=C(Nc1ccc(C(=O)N2CC(C(=O)N3CCOCC3)Oc3ccccc32)cc1)c1cccs1. The standard InChI is InChI=1S/C25H23N3O5S/c29-23(22-6-3-15-34-22)26-18-9-7-17(8-10-18)24(30)28-16-21(25(31)27-11-13-32-14-12-27)33-20-5-2-1-4-19(20)28/h1-10,15,21H,11-14,16H2,(H,26,29). The van der Waals surface area contributed by atoms with E-state index in [1.807, 2.05) is 23.6 Å². The van der Waals surface area contributed by atoms with Crippen molar-refractivity contribution in [2.24, 2.45) is 0 Å². The minimum Gasteiger partial charge on any atom is -0.476 e. The number of hydrogen-bond donors (Lipinski definition) is 1. The molecule has 2 aromatic carbocycles. The van der Waals surface area contributed by atoms with E-state index in [9.17, 15) is 14.4 Å². The lowest BCUT2D eigenvalue weighted by Gasteiger charge is -2.37. The fourth-order valence-electron chi connectivity index (χ4n) is 4.00. The van der Waals surface area contributed by atoms with Crippen LogP contribution in [0.5, 0.6) is 5.75 Å². The molecule has 3 aromatic rings. The lowest BCUT2D eigenvalue weighted by molar-refractivity contribution is -0.142. The highest BCUT2D eigenvalue weighted by Crippen LogP contribution is 2.34. The summed E-state index contributed by atoms with van der Waals surface area (Å²) < 4.78 is 11.3. The first kappa shape index (κ1) is 22.1. The molecule has 0 aliphatic carbocycles. The van der Waals surface area contributed by atoms with E-state index in [4.69, 9.17) is 9.47 Å². The topological polar surface area (TPSA) is 88.2 Å². The monoisotopic (exact) mass is 477 g/mol. The quantitative estimate of drug-likeness (QED) is 0.623. The number of rotatable bonds is 4. The Labute approximate surface area is 200 Å². The number of fused-ring (bicyclic) bond motifs is 1. The zero-order valence-electron chi connectivity index (χ0n) is 18.3. The first-order valence-corrected chi connectivity index (χ1v) is 11.9. The van der Waals surface area contributed by atoms with Gasteiger partial charge < -0.3 is 24.6 Å². The van der Waals surface area contributed by atoms with Crippen LogP contribution in [0.2, 0.25) is 0 Å². The molecule has 2 aliphatic rings. The summed E-state index contributed by atoms with van der Waals surface area (Å²) in [4.78, 5) is 42.7. The van der Waals surface area contributed by atoms with E-state index < -0.39 is 6.10 Å². The molecule has 5 rings (SSSR count). The number of thiophene rings is 1. The molecule has 0 radical (unpaired) electrons. The fourth-order valence-corrected chi connectivity index (χ4v) is 4.61. The summed E-state index contributed by atoms with van der Waals surface area (Å²) in [6, 6.07) is 17.5. The number of morpholine rings is 1. The Morgan fingerprint density at radius 3 is 2.44 bits per heavy atom. The normalized spacial score (nSPS) is 17.5. The first-order chi connectivity index (χ1) is 16.6. The molecule has 1 aromatic heterocycles. The predicted octanol–water partition coefficient (Wildman–Crippen LogP) is 3.27. The minimum absolute atomic E-state index is 0.114. The van der Waals surface area contributed by atoms with Gasteiger partial charge in [0.15, 0.2) is 6.10 Å². The zero-order valence-corrected chi connectivity index (χ0v) is 19.1. The number of hydrogen-bond acceptors (Lipinski definition) is 6. The van der Waals surface area contributed by atoms with Gasteiger partial charge in [-0.15, -0.1) is 11.3 Å². The molecular weight excluding hydrogens is 454 g/mol. The third kappa shape index (κ3) is 4.52. The smallest absolute Gasteiger partial charge is 0.265 e. The number of amides is 3. The molecule has 1 atom stereocenters. The van der Waals surface area contributed by atoms with Gasteiger partial charge in [-0.2, -0.15) is 0 Å². The maximum Gasteiger partial charge on any atom is 0.265 e. The van der Waals surface area contributed by atoms with Crippen molar-refractivity contribution in [1.82, 2.24) is 4.90 Å². The number of nitrogens with one attached hydrogen (secondary N) is 1. The molecule has 0 spiro atoms. The molecular formula is C25H23N3O5S. The Hall–Kier alpha value is -3.69. The number of benzene rings is 2. The Kier molecular flexibility index (Phi) is 6.29. The lowest BCUT2D eigenvalue weighted by atomic mass is 10.1. The molecule has 1 unspecified atom stereocenters. The summed E-state index contributed by atoms with van der Waals surface area (Å²) in [6.07, 6.45) is -0.790. The molecule has 1 saturated heterocycles. The lowest BCUT2D eigenvalue weighted by Crippen LogP contribution is -2.54. The Bertz CT molecular complexity index is 1190. The average molecular weight is 478 g/mol. The maximum atomic E-state index is 13.5. The summed E-state index contributed by atoms with van der Waals surface area (Å²) in [5, 5.41) is 4.67. The van der Waals surface area contributed by atoms with Crippen LogP contribution in [0.3, 0.4) is 0 Å². The molecule has 2 aliphatic heterocycles. The van der Waals surface area contributed by atoms with Crippen LogP contribution in [0.15, 0.2) is 66.0 Å². The molecule has 34 heavy (non-hydrogen) atoms. The molecule has 0 bridgehead atoms. The summed E-state index contributed by atoms with van der Waals surface area (Å²) in [5.41, 5.74) is 1.66. The van der Waals surface area contributed by atoms with Gasteiger partial charge in [-0.05, 0) is 47.8 Å². The molecule has 8 nitrogen and oxygen atoms in total. The second-order valence-corrected chi connectivity index (χ2v) is 8.88. The van der Waals surface area contributed by atoms with Crippen molar-refractivity contribution in [3.05, 3.63) is 76.5 Å². The number of carbonyl (C=O) groups is 3. The maximum absolute atomic E-state index is 13.5. The minimum atomic E-state index is -0.790. The molecule has 1 fully saturated rings. The predicted molar refractivity (Wildman–Crippen MR) is 129 cm³/mol. The van der Waals surface area contributed by atoms with E-state index in [1.54, 1.807) is 52.3 Å². The van der Waals surface area contributed by atoms with E-state index in [1.165, 1.54) is 11.3 Å². The highest BCUT2D eigenvalue weighted by molar-refractivity contribution is 7.12. The first-order valence-electron chi connectivity index (χ1n) is 11.0. The van der Waals surface area contributed by atoms with Gasteiger partial charge >= 0.3 is 0 Å². The van der Waals surface area contributed by atoms with Crippen molar-refractivity contribution in [3.63, 3.8) is 0 Å². The highest BCUT2D eigenvalue weighted by atomic mass is 32.1. The number of anilines is 2. The van der Waals surface area contributed by atoms with Gasteiger partial charge in [0, 0.05) is 24.3 Å². The molecule has 9 heteroatoms. The van der Waals surface area contributed by atoms with Crippen LogP contribution < -0.4 is 15.0 Å². The van der Waals surface area contributed by atoms with Crippen molar-refractivity contribution >= 4 is 40.4 Å². The highest BCUT2D eigenvalue weighted by Gasteiger charge is 2.36. The van der Waals surface area contributed by atoms with Gasteiger partial charge in [0.05, 0.1) is 30.3 Å². The van der Waals surface area contributed by atoms with Crippen LogP contribution >= 0.6 is 11.3 Å². The van der Waals surface area contributed by atoms with E-state index >= 15 is 0 Å². The average Bonchev–Trinajstić information content (AvgIpc) is 3.43. The molecule has 3 heterocycles. The van der Waals surface area contributed by atoms with Crippen molar-refractivity contribution in [1.29, 1.82) is 0 Å². The van der Waals surface area contributed by atoms with Crippen LogP contribution in [0.1, 0.15) is 20.0 Å². The van der Waals surface area contributed by atoms with Crippen LogP contribution in [-0.4, -0.2) is 61.6 Å². The van der Waals surface area contributed by atoms with E-state index in [2.05, 4.69) is 5.32 Å². The van der Waals surface area contributed by atoms with Crippen LogP contribution in [0.4, 0.5) is 11.4 Å². The van der Waals surface area contributed by atoms with Gasteiger partial charge in [-0.3, -0.25) is 14.4 Å². The van der Waals surface area contributed by atoms with Gasteiger partial charge in [0.2, 0.25) is 0 Å². The Morgan fingerprint density at radius 1 is 0.941 bits per heavy atom. The second kappa shape index (κ2) is 9.66. The van der Waals surface area contributed by atoms with Crippen LogP contribution in [0, 0.1) is 0 Å². The fraction of sp³-hybridized carbons (Fsp3) is 0.240. The molecule has 1 N–H and O–H groups in total. The van der Waals surface area contributed by atoms with Crippen molar-refractivity contribution in [2.45, 2.75) is 6.10 Å². The number of para-hydroxylation sites is 2. The summed E-state index contributed by atoms with van der Waals surface area (Å²) >= 11 is 1.36. The summed E-state index contributed by atoms with van der Waals surface area (Å²) in [7, 11) is 0. The van der Waals surface area contributed by atoms with E-state index in [0.717, 1.165) is 0 Å². The second-order valence-electron chi connectivity index (χ2n) is 7.94. The van der Waals surface area contributed by atoms with E-state index in [0.29, 0.717) is 53.9 Å². The van der Waals surface area contributed by atoms with Crippen LogP contribution in [-0.2, 0) is 9.53 Å². The van der Waals surface area contributed by atoms with Gasteiger partial charge in [-0.1, -0.05) is 18.2 Å². The Balaban J connectivity index is 1.34. The van der Waals surface area contributed by atoms with Gasteiger partial charge in [-0.25, -0.2) is 0 Å². The number of nitrogens with zero attached hydrogens (tertiary/aromatic N) is 2.